The first-order valence-corrected chi connectivity index (χ1v) is 3.90. The van der Waals surface area contributed by atoms with Crippen LogP contribution < -0.4 is 0 Å². The molecule has 0 aliphatic carbocycles. The molecule has 0 aliphatic rings. The zero-order valence-electron chi connectivity index (χ0n) is 7.54. The standard InChI is InChI=1S/C7H8.C4H8/c1-7-5-3-2-4-6-7;1-3-4-2/h2-6H,1H3;3-4H,1-2H3/b;4-3-. The molecule has 0 heterocycles. The largest absolute Gasteiger partial charge is 0.0919 e. The van der Waals surface area contributed by atoms with Gasteiger partial charge in [-0.3, -0.25) is 0 Å². The normalized spacial score (nSPS) is 9.00. The number of benzene rings is 1. The molecule has 0 aromatic heterocycles. The summed E-state index contributed by atoms with van der Waals surface area (Å²) >= 11 is 0. The summed E-state index contributed by atoms with van der Waals surface area (Å²) in [5.74, 6) is 0. The summed E-state index contributed by atoms with van der Waals surface area (Å²) < 4.78 is 0. The molecule has 0 spiro atoms. The van der Waals surface area contributed by atoms with Gasteiger partial charge in [0, 0.05) is 0 Å². The fourth-order valence-corrected chi connectivity index (χ4v) is 0.534. The lowest BCUT2D eigenvalue weighted by Gasteiger charge is -1.82. The van der Waals surface area contributed by atoms with Crippen molar-refractivity contribution in [3.05, 3.63) is 48.0 Å². The first kappa shape index (κ1) is 9.96. The molecule has 0 N–H and O–H groups in total. The summed E-state index contributed by atoms with van der Waals surface area (Å²) in [6.45, 7) is 6.08. The van der Waals surface area contributed by atoms with Gasteiger partial charge in [-0.25, -0.2) is 0 Å². The van der Waals surface area contributed by atoms with Crippen molar-refractivity contribution in [3.63, 3.8) is 0 Å². The topological polar surface area (TPSA) is 0 Å². The predicted molar refractivity (Wildman–Crippen MR) is 51.7 cm³/mol. The summed E-state index contributed by atoms with van der Waals surface area (Å²) in [5, 5.41) is 0. The SMILES string of the molecule is C/C=C\C.Cc1ccccc1. The molecule has 0 nitrogen and oxygen atoms in total. The van der Waals surface area contributed by atoms with E-state index in [1.807, 2.05) is 44.2 Å². The predicted octanol–water partition coefficient (Wildman–Crippen LogP) is 3.58. The van der Waals surface area contributed by atoms with Crippen molar-refractivity contribution < 1.29 is 0 Å². The van der Waals surface area contributed by atoms with Gasteiger partial charge in [0.2, 0.25) is 0 Å². The minimum absolute atomic E-state index is 1.32. The molecule has 60 valence electrons. The van der Waals surface area contributed by atoms with Crippen molar-refractivity contribution in [1.29, 1.82) is 0 Å². The van der Waals surface area contributed by atoms with Crippen molar-refractivity contribution in [3.8, 4) is 0 Å². The van der Waals surface area contributed by atoms with E-state index < -0.39 is 0 Å². The van der Waals surface area contributed by atoms with Crippen LogP contribution in [0.3, 0.4) is 0 Å². The molecule has 1 aromatic carbocycles. The van der Waals surface area contributed by atoms with E-state index in [1.165, 1.54) is 5.56 Å². The Morgan fingerprint density at radius 3 is 1.55 bits per heavy atom. The second-order valence-corrected chi connectivity index (χ2v) is 2.32. The van der Waals surface area contributed by atoms with Gasteiger partial charge in [0.1, 0.15) is 0 Å². The smallest absolute Gasteiger partial charge is 0.0398 e. The zero-order chi connectivity index (χ0) is 8.53. The second-order valence-electron chi connectivity index (χ2n) is 2.32. The highest BCUT2D eigenvalue weighted by Gasteiger charge is 1.72. The van der Waals surface area contributed by atoms with Gasteiger partial charge in [0.05, 0.1) is 0 Å². The van der Waals surface area contributed by atoms with Crippen molar-refractivity contribution in [2.45, 2.75) is 20.8 Å². The third kappa shape index (κ3) is 6.85. The molecule has 0 fully saturated rings. The minimum atomic E-state index is 1.32. The zero-order valence-corrected chi connectivity index (χ0v) is 7.54. The Morgan fingerprint density at radius 2 is 1.36 bits per heavy atom. The Kier molecular flexibility index (Phi) is 6.40. The Morgan fingerprint density at radius 1 is 0.909 bits per heavy atom. The summed E-state index contributed by atoms with van der Waals surface area (Å²) in [6.07, 6.45) is 4.00. The van der Waals surface area contributed by atoms with Gasteiger partial charge in [-0.05, 0) is 20.8 Å². The van der Waals surface area contributed by atoms with Gasteiger partial charge in [-0.15, -0.1) is 0 Å². The lowest BCUT2D eigenvalue weighted by atomic mass is 10.2. The Balaban J connectivity index is 0.000000218. The van der Waals surface area contributed by atoms with Crippen LogP contribution in [0.1, 0.15) is 19.4 Å². The van der Waals surface area contributed by atoms with E-state index in [0.29, 0.717) is 0 Å². The molecule has 11 heavy (non-hydrogen) atoms. The average molecular weight is 148 g/mol. The molecule has 0 unspecified atom stereocenters. The molecular formula is C11H16. The first-order valence-electron chi connectivity index (χ1n) is 3.90. The number of hydrogen-bond donors (Lipinski definition) is 0. The first-order chi connectivity index (χ1) is 5.31. The molecule has 0 saturated heterocycles. The Hall–Kier alpha value is -1.04. The summed E-state index contributed by atoms with van der Waals surface area (Å²) in [4.78, 5) is 0. The Labute approximate surface area is 69.6 Å². The monoisotopic (exact) mass is 148 g/mol. The maximum atomic E-state index is 2.08. The summed E-state index contributed by atoms with van der Waals surface area (Å²) in [5.41, 5.74) is 1.32. The molecule has 1 aromatic rings. The lowest BCUT2D eigenvalue weighted by molar-refractivity contribution is 1.48. The van der Waals surface area contributed by atoms with E-state index in [0.717, 1.165) is 0 Å². The molecular weight excluding hydrogens is 132 g/mol. The van der Waals surface area contributed by atoms with E-state index in [2.05, 4.69) is 19.1 Å². The Bertz CT molecular complexity index is 180. The maximum absolute atomic E-state index is 2.08. The van der Waals surface area contributed by atoms with Crippen LogP contribution >= 0.6 is 0 Å². The van der Waals surface area contributed by atoms with Crippen molar-refractivity contribution in [2.24, 2.45) is 0 Å². The molecule has 0 saturated carbocycles. The second kappa shape index (κ2) is 7.07. The third-order valence-electron chi connectivity index (χ3n) is 1.27. The van der Waals surface area contributed by atoms with Crippen LogP contribution in [0.15, 0.2) is 42.5 Å². The maximum Gasteiger partial charge on any atom is -0.0398 e. The molecule has 0 bridgehead atoms. The summed E-state index contributed by atoms with van der Waals surface area (Å²) in [7, 11) is 0. The molecule has 0 amide bonds. The van der Waals surface area contributed by atoms with Gasteiger partial charge >= 0.3 is 0 Å². The van der Waals surface area contributed by atoms with Crippen LogP contribution in [0.4, 0.5) is 0 Å². The van der Waals surface area contributed by atoms with Crippen molar-refractivity contribution in [1.82, 2.24) is 0 Å². The number of aryl methyl sites for hydroxylation is 1. The molecule has 0 aliphatic heterocycles. The van der Waals surface area contributed by atoms with Crippen LogP contribution in [0.2, 0.25) is 0 Å². The van der Waals surface area contributed by atoms with Gasteiger partial charge < -0.3 is 0 Å². The quantitative estimate of drug-likeness (QED) is 0.493. The molecule has 0 atom stereocenters. The van der Waals surface area contributed by atoms with Gasteiger partial charge in [-0.1, -0.05) is 48.0 Å². The van der Waals surface area contributed by atoms with Crippen LogP contribution in [-0.4, -0.2) is 0 Å². The number of hydrogen-bond acceptors (Lipinski definition) is 0. The fourth-order valence-electron chi connectivity index (χ4n) is 0.534. The van der Waals surface area contributed by atoms with Gasteiger partial charge in [0.25, 0.3) is 0 Å². The number of allylic oxidation sites excluding steroid dienone is 2. The average Bonchev–Trinajstić information content (AvgIpc) is 2.07. The molecule has 1 rings (SSSR count). The van der Waals surface area contributed by atoms with Crippen molar-refractivity contribution in [2.75, 3.05) is 0 Å². The van der Waals surface area contributed by atoms with E-state index in [-0.39, 0.29) is 0 Å². The van der Waals surface area contributed by atoms with Crippen LogP contribution in [-0.2, 0) is 0 Å². The number of rotatable bonds is 0. The van der Waals surface area contributed by atoms with E-state index >= 15 is 0 Å². The van der Waals surface area contributed by atoms with E-state index in [1.54, 1.807) is 0 Å². The third-order valence-corrected chi connectivity index (χ3v) is 1.27. The van der Waals surface area contributed by atoms with E-state index in [4.69, 9.17) is 0 Å². The van der Waals surface area contributed by atoms with E-state index in [9.17, 15) is 0 Å². The summed E-state index contributed by atoms with van der Waals surface area (Å²) in [6, 6.07) is 10.3. The van der Waals surface area contributed by atoms with Crippen LogP contribution in [0.5, 0.6) is 0 Å². The highest BCUT2D eigenvalue weighted by molar-refractivity contribution is 5.11. The fraction of sp³-hybridized carbons (Fsp3) is 0.273. The van der Waals surface area contributed by atoms with Gasteiger partial charge in [-0.2, -0.15) is 0 Å². The lowest BCUT2D eigenvalue weighted by Crippen LogP contribution is -1.62. The van der Waals surface area contributed by atoms with Gasteiger partial charge in [0.15, 0.2) is 0 Å². The minimum Gasteiger partial charge on any atom is -0.0919 e. The molecule has 0 radical (unpaired) electrons. The highest BCUT2D eigenvalue weighted by atomic mass is 13.8. The van der Waals surface area contributed by atoms with Crippen LogP contribution in [0, 0.1) is 6.92 Å². The molecule has 0 heteroatoms. The van der Waals surface area contributed by atoms with Crippen molar-refractivity contribution >= 4 is 0 Å². The van der Waals surface area contributed by atoms with Crippen LogP contribution in [0.25, 0.3) is 0 Å². The highest BCUT2D eigenvalue weighted by Crippen LogP contribution is 1.92.